The predicted molar refractivity (Wildman–Crippen MR) is 85.9 cm³/mol. The molecule has 1 amide bonds. The second-order valence-corrected chi connectivity index (χ2v) is 5.68. The molecule has 122 valence electrons. The number of carboxylic acid groups (broad SMARTS) is 1. The number of nitrogens with one attached hydrogen (secondary N) is 1. The number of carboxylic acids is 1. The average Bonchev–Trinajstić information content (AvgIpc) is 3.07. The van der Waals surface area contributed by atoms with Crippen LogP contribution in [0.5, 0.6) is 11.5 Å². The molecule has 0 aliphatic carbocycles. The largest absolute Gasteiger partial charge is 0.497 e. The van der Waals surface area contributed by atoms with Gasteiger partial charge in [-0.3, -0.25) is 9.59 Å². The first-order valence-electron chi connectivity index (χ1n) is 6.90. The van der Waals surface area contributed by atoms with Crippen molar-refractivity contribution in [3.63, 3.8) is 0 Å². The molecule has 0 saturated carbocycles. The highest BCUT2D eigenvalue weighted by atomic mass is 32.1. The number of methoxy groups -OCH3 is 1. The van der Waals surface area contributed by atoms with Crippen LogP contribution in [-0.2, 0) is 9.59 Å². The maximum absolute atomic E-state index is 12.0. The predicted octanol–water partition coefficient (Wildman–Crippen LogP) is 2.47. The number of thiophene rings is 1. The van der Waals surface area contributed by atoms with Crippen molar-refractivity contribution in [2.24, 2.45) is 0 Å². The van der Waals surface area contributed by atoms with Crippen LogP contribution in [0.1, 0.15) is 17.3 Å². The van der Waals surface area contributed by atoms with Gasteiger partial charge in [0.05, 0.1) is 19.6 Å². The third kappa shape index (κ3) is 5.30. The summed E-state index contributed by atoms with van der Waals surface area (Å²) in [5, 5.41) is 13.5. The average molecular weight is 335 g/mol. The van der Waals surface area contributed by atoms with Crippen LogP contribution in [0.4, 0.5) is 0 Å². The molecular formula is C16H17NO5S. The van der Waals surface area contributed by atoms with Gasteiger partial charge in [0, 0.05) is 4.88 Å². The van der Waals surface area contributed by atoms with E-state index in [0.717, 1.165) is 4.88 Å². The standard InChI is InChI=1S/C16H17NO5S/c1-21-11-4-6-12(7-5-11)22-10-15(18)17-13(9-16(19)20)14-3-2-8-23-14/h2-8,13H,9-10H2,1H3,(H,17,18)(H,19,20)/t13-/m1/s1. The number of amides is 1. The Balaban J connectivity index is 1.89. The number of benzene rings is 1. The minimum absolute atomic E-state index is 0.172. The number of hydrogen-bond donors (Lipinski definition) is 2. The molecule has 2 N–H and O–H groups in total. The molecular weight excluding hydrogens is 318 g/mol. The fraction of sp³-hybridized carbons (Fsp3) is 0.250. The lowest BCUT2D eigenvalue weighted by molar-refractivity contribution is -0.137. The van der Waals surface area contributed by atoms with E-state index in [0.29, 0.717) is 11.5 Å². The first-order chi connectivity index (χ1) is 11.1. The highest BCUT2D eigenvalue weighted by molar-refractivity contribution is 7.10. The van der Waals surface area contributed by atoms with Crippen molar-refractivity contribution in [2.75, 3.05) is 13.7 Å². The highest BCUT2D eigenvalue weighted by Gasteiger charge is 2.19. The molecule has 0 radical (unpaired) electrons. The van der Waals surface area contributed by atoms with Crippen LogP contribution in [-0.4, -0.2) is 30.7 Å². The van der Waals surface area contributed by atoms with Gasteiger partial charge in [-0.15, -0.1) is 11.3 Å². The van der Waals surface area contributed by atoms with Gasteiger partial charge in [-0.05, 0) is 35.7 Å². The molecule has 23 heavy (non-hydrogen) atoms. The molecule has 0 unspecified atom stereocenters. The van der Waals surface area contributed by atoms with E-state index in [2.05, 4.69) is 5.32 Å². The van der Waals surface area contributed by atoms with Crippen molar-refractivity contribution in [3.8, 4) is 11.5 Å². The van der Waals surface area contributed by atoms with Crippen molar-refractivity contribution in [1.82, 2.24) is 5.32 Å². The van der Waals surface area contributed by atoms with Gasteiger partial charge >= 0.3 is 5.97 Å². The smallest absolute Gasteiger partial charge is 0.305 e. The van der Waals surface area contributed by atoms with Gasteiger partial charge in [0.1, 0.15) is 11.5 Å². The minimum atomic E-state index is -0.972. The van der Waals surface area contributed by atoms with Crippen molar-refractivity contribution in [1.29, 1.82) is 0 Å². The van der Waals surface area contributed by atoms with E-state index in [1.54, 1.807) is 37.4 Å². The van der Waals surface area contributed by atoms with E-state index in [9.17, 15) is 9.59 Å². The van der Waals surface area contributed by atoms with Crippen molar-refractivity contribution in [2.45, 2.75) is 12.5 Å². The van der Waals surface area contributed by atoms with Crippen molar-refractivity contribution in [3.05, 3.63) is 46.7 Å². The van der Waals surface area contributed by atoms with E-state index in [-0.39, 0.29) is 18.9 Å². The Hall–Kier alpha value is -2.54. The lowest BCUT2D eigenvalue weighted by atomic mass is 10.1. The fourth-order valence-electron chi connectivity index (χ4n) is 1.94. The number of aliphatic carboxylic acids is 1. The molecule has 2 aromatic rings. The normalized spacial score (nSPS) is 11.5. The van der Waals surface area contributed by atoms with Gasteiger partial charge in [0.15, 0.2) is 6.61 Å². The van der Waals surface area contributed by atoms with E-state index >= 15 is 0 Å². The summed E-state index contributed by atoms with van der Waals surface area (Å²) in [5.41, 5.74) is 0. The van der Waals surface area contributed by atoms with Crippen LogP contribution in [0.25, 0.3) is 0 Å². The third-order valence-corrected chi connectivity index (χ3v) is 4.02. The van der Waals surface area contributed by atoms with Gasteiger partial charge in [-0.1, -0.05) is 6.07 Å². The maximum atomic E-state index is 12.0. The number of hydrogen-bond acceptors (Lipinski definition) is 5. The lowest BCUT2D eigenvalue weighted by Crippen LogP contribution is -2.33. The van der Waals surface area contributed by atoms with Gasteiger partial charge in [-0.2, -0.15) is 0 Å². The Bertz CT molecular complexity index is 639. The topological polar surface area (TPSA) is 84.9 Å². The number of carbonyl (C=O) groups excluding carboxylic acids is 1. The lowest BCUT2D eigenvalue weighted by Gasteiger charge is -2.16. The van der Waals surface area contributed by atoms with Crippen LogP contribution >= 0.6 is 11.3 Å². The molecule has 1 aromatic carbocycles. The van der Waals surface area contributed by atoms with Gasteiger partial charge in [0.25, 0.3) is 5.91 Å². The molecule has 7 heteroatoms. The molecule has 0 fully saturated rings. The Labute approximate surface area is 137 Å². The van der Waals surface area contributed by atoms with E-state index in [1.165, 1.54) is 11.3 Å². The Morgan fingerprint density at radius 3 is 2.48 bits per heavy atom. The zero-order valence-electron chi connectivity index (χ0n) is 12.5. The number of rotatable bonds is 8. The molecule has 0 saturated heterocycles. The quantitative estimate of drug-likeness (QED) is 0.774. The summed E-state index contributed by atoms with van der Waals surface area (Å²) < 4.78 is 10.4. The maximum Gasteiger partial charge on any atom is 0.305 e. The first-order valence-corrected chi connectivity index (χ1v) is 7.78. The first kappa shape index (κ1) is 16.8. The molecule has 1 atom stereocenters. The summed E-state index contributed by atoms with van der Waals surface area (Å²) in [7, 11) is 1.57. The van der Waals surface area contributed by atoms with E-state index in [4.69, 9.17) is 14.6 Å². The summed E-state index contributed by atoms with van der Waals surface area (Å²) >= 11 is 1.40. The Kier molecular flexibility index (Phi) is 5.99. The summed E-state index contributed by atoms with van der Waals surface area (Å²) in [6.07, 6.45) is -0.172. The zero-order valence-corrected chi connectivity index (χ0v) is 13.3. The molecule has 6 nitrogen and oxygen atoms in total. The van der Waals surface area contributed by atoms with Crippen LogP contribution in [0.2, 0.25) is 0 Å². The van der Waals surface area contributed by atoms with Crippen LogP contribution < -0.4 is 14.8 Å². The molecule has 0 spiro atoms. The summed E-state index contributed by atoms with van der Waals surface area (Å²) in [6.45, 7) is -0.187. The van der Waals surface area contributed by atoms with Crippen LogP contribution in [0, 0.1) is 0 Å². The Morgan fingerprint density at radius 1 is 1.22 bits per heavy atom. The monoisotopic (exact) mass is 335 g/mol. The summed E-state index contributed by atoms with van der Waals surface area (Å²) in [6, 6.07) is 9.90. The molecule has 1 heterocycles. The molecule has 1 aromatic heterocycles. The minimum Gasteiger partial charge on any atom is -0.497 e. The summed E-state index contributed by atoms with van der Waals surface area (Å²) in [4.78, 5) is 23.7. The van der Waals surface area contributed by atoms with E-state index in [1.807, 2.05) is 11.4 Å². The summed E-state index contributed by atoms with van der Waals surface area (Å²) in [5.74, 6) is -0.117. The fourth-order valence-corrected chi connectivity index (χ4v) is 2.72. The SMILES string of the molecule is COc1ccc(OCC(=O)N[C@H](CC(=O)O)c2cccs2)cc1. The Morgan fingerprint density at radius 2 is 1.91 bits per heavy atom. The van der Waals surface area contributed by atoms with Crippen molar-refractivity contribution >= 4 is 23.2 Å². The second kappa shape index (κ2) is 8.19. The second-order valence-electron chi connectivity index (χ2n) is 4.70. The zero-order chi connectivity index (χ0) is 16.7. The number of ether oxygens (including phenoxy) is 2. The van der Waals surface area contributed by atoms with Gasteiger partial charge in [-0.25, -0.2) is 0 Å². The third-order valence-electron chi connectivity index (χ3n) is 3.03. The highest BCUT2D eigenvalue weighted by Crippen LogP contribution is 2.22. The van der Waals surface area contributed by atoms with Gasteiger partial charge in [0.2, 0.25) is 0 Å². The molecule has 2 rings (SSSR count). The van der Waals surface area contributed by atoms with Crippen LogP contribution in [0.15, 0.2) is 41.8 Å². The van der Waals surface area contributed by atoms with Crippen molar-refractivity contribution < 1.29 is 24.2 Å². The molecule has 0 aliphatic heterocycles. The molecule has 0 bridgehead atoms. The van der Waals surface area contributed by atoms with Crippen LogP contribution in [0.3, 0.4) is 0 Å². The molecule has 0 aliphatic rings. The number of carbonyl (C=O) groups is 2. The van der Waals surface area contributed by atoms with Gasteiger partial charge < -0.3 is 19.9 Å². The van der Waals surface area contributed by atoms with E-state index < -0.39 is 12.0 Å².